The van der Waals surface area contributed by atoms with Crippen molar-refractivity contribution in [1.29, 1.82) is 0 Å². The van der Waals surface area contributed by atoms with Gasteiger partial charge in [0.2, 0.25) is 6.10 Å². The van der Waals surface area contributed by atoms with E-state index in [1.165, 1.54) is 12.1 Å². The van der Waals surface area contributed by atoms with Crippen LogP contribution in [0.25, 0.3) is 6.08 Å². The molecule has 25 heavy (non-hydrogen) atoms. The van der Waals surface area contributed by atoms with E-state index >= 15 is 0 Å². The van der Waals surface area contributed by atoms with Crippen molar-refractivity contribution in [2.75, 3.05) is 0 Å². The molecule has 1 aliphatic rings. The van der Waals surface area contributed by atoms with Gasteiger partial charge in [0.05, 0.1) is 15.6 Å². The van der Waals surface area contributed by atoms with Gasteiger partial charge in [-0.15, -0.1) is 0 Å². The molecular weight excluding hydrogens is 400 g/mol. The Morgan fingerprint density at radius 1 is 1.08 bits per heavy atom. The first kappa shape index (κ1) is 18.2. The van der Waals surface area contributed by atoms with Crippen LogP contribution in [0, 0.1) is 6.92 Å². The molecular formula is C17H10Cl3F3O2. The molecule has 0 aliphatic carbocycles. The standard InChI is InChI=1S/C17H10Cl3F3O2/c1-8-6-9(18)2-4-13(8)24-15-10-3-5-14(17(21,22)23)25-16(10)12(20)7-11(15)19/h2-7,14H,1H3. The number of aryl methyl sites for hydroxylation is 1. The van der Waals surface area contributed by atoms with Gasteiger partial charge in [0, 0.05) is 5.02 Å². The van der Waals surface area contributed by atoms with Crippen LogP contribution >= 0.6 is 34.8 Å². The molecule has 0 N–H and O–H groups in total. The fourth-order valence-corrected chi connectivity index (χ4v) is 3.13. The predicted molar refractivity (Wildman–Crippen MR) is 92.2 cm³/mol. The van der Waals surface area contributed by atoms with E-state index in [0.29, 0.717) is 10.8 Å². The van der Waals surface area contributed by atoms with Crippen LogP contribution in [0.3, 0.4) is 0 Å². The summed E-state index contributed by atoms with van der Waals surface area (Å²) in [6.07, 6.45) is -4.50. The predicted octanol–water partition coefficient (Wildman–Crippen LogP) is 7.08. The molecule has 0 spiro atoms. The fraction of sp³-hybridized carbons (Fsp3) is 0.176. The highest BCUT2D eigenvalue weighted by Gasteiger charge is 2.42. The summed E-state index contributed by atoms with van der Waals surface area (Å²) in [5.74, 6) is 0.489. The Morgan fingerprint density at radius 2 is 1.80 bits per heavy atom. The largest absolute Gasteiger partial charge is 0.474 e. The molecule has 1 aliphatic heterocycles. The van der Waals surface area contributed by atoms with Gasteiger partial charge in [-0.25, -0.2) is 0 Å². The monoisotopic (exact) mass is 408 g/mol. The van der Waals surface area contributed by atoms with Crippen molar-refractivity contribution < 1.29 is 22.6 Å². The molecule has 0 saturated heterocycles. The summed E-state index contributed by atoms with van der Waals surface area (Å²) < 4.78 is 49.5. The van der Waals surface area contributed by atoms with Crippen molar-refractivity contribution in [2.24, 2.45) is 0 Å². The van der Waals surface area contributed by atoms with Gasteiger partial charge in [-0.1, -0.05) is 34.8 Å². The zero-order chi connectivity index (χ0) is 18.4. The molecule has 132 valence electrons. The van der Waals surface area contributed by atoms with Crippen LogP contribution in [0.5, 0.6) is 17.2 Å². The first-order chi connectivity index (χ1) is 11.7. The summed E-state index contributed by atoms with van der Waals surface area (Å²) in [6.45, 7) is 1.78. The topological polar surface area (TPSA) is 18.5 Å². The quantitative estimate of drug-likeness (QED) is 0.527. The van der Waals surface area contributed by atoms with E-state index in [4.69, 9.17) is 44.3 Å². The third-order valence-electron chi connectivity index (χ3n) is 3.53. The maximum Gasteiger partial charge on any atom is 0.429 e. The first-order valence-corrected chi connectivity index (χ1v) is 8.18. The molecule has 1 unspecified atom stereocenters. The van der Waals surface area contributed by atoms with Gasteiger partial charge in [-0.2, -0.15) is 13.2 Å². The highest BCUT2D eigenvalue weighted by molar-refractivity contribution is 6.37. The maximum absolute atomic E-state index is 12.9. The zero-order valence-corrected chi connectivity index (χ0v) is 14.9. The molecule has 2 aromatic carbocycles. The zero-order valence-electron chi connectivity index (χ0n) is 12.6. The Kier molecular flexibility index (Phi) is 4.84. The van der Waals surface area contributed by atoms with E-state index in [2.05, 4.69) is 0 Å². The molecule has 0 aromatic heterocycles. The molecule has 0 bridgehead atoms. The van der Waals surface area contributed by atoms with E-state index in [1.807, 2.05) is 0 Å². The van der Waals surface area contributed by atoms with Gasteiger partial charge in [-0.3, -0.25) is 0 Å². The lowest BCUT2D eigenvalue weighted by Crippen LogP contribution is -2.34. The molecule has 1 atom stereocenters. The summed E-state index contributed by atoms with van der Waals surface area (Å²) in [5, 5.41) is 0.654. The normalized spacial score (nSPS) is 16.4. The summed E-state index contributed by atoms with van der Waals surface area (Å²) >= 11 is 18.1. The van der Waals surface area contributed by atoms with Crippen molar-refractivity contribution in [1.82, 2.24) is 0 Å². The average Bonchev–Trinajstić information content (AvgIpc) is 2.52. The maximum atomic E-state index is 12.9. The molecule has 2 aromatic rings. The van der Waals surface area contributed by atoms with Crippen LogP contribution in [0.2, 0.25) is 15.1 Å². The van der Waals surface area contributed by atoms with Crippen LogP contribution < -0.4 is 9.47 Å². The summed E-state index contributed by atoms with van der Waals surface area (Å²) in [7, 11) is 0. The summed E-state index contributed by atoms with van der Waals surface area (Å²) in [6, 6.07) is 6.25. The fourth-order valence-electron chi connectivity index (χ4n) is 2.34. The molecule has 2 nitrogen and oxygen atoms in total. The van der Waals surface area contributed by atoms with Crippen LogP contribution in [-0.4, -0.2) is 12.3 Å². The highest BCUT2D eigenvalue weighted by atomic mass is 35.5. The van der Waals surface area contributed by atoms with Gasteiger partial charge in [0.15, 0.2) is 5.75 Å². The minimum Gasteiger partial charge on any atom is -0.474 e. The summed E-state index contributed by atoms with van der Waals surface area (Å²) in [5.41, 5.74) is 0.980. The van der Waals surface area contributed by atoms with Crippen LogP contribution in [0.4, 0.5) is 13.2 Å². The van der Waals surface area contributed by atoms with Crippen molar-refractivity contribution in [2.45, 2.75) is 19.2 Å². The number of halogens is 6. The van der Waals surface area contributed by atoms with Crippen molar-refractivity contribution >= 4 is 40.9 Å². The Balaban J connectivity index is 2.05. The second-order valence-electron chi connectivity index (χ2n) is 5.36. The van der Waals surface area contributed by atoms with Gasteiger partial charge in [0.25, 0.3) is 0 Å². The molecule has 8 heteroatoms. The number of hydrogen-bond acceptors (Lipinski definition) is 2. The van der Waals surface area contributed by atoms with E-state index < -0.39 is 12.3 Å². The third kappa shape index (κ3) is 3.68. The minimum absolute atomic E-state index is 0.0289. The molecule has 0 fully saturated rings. The second-order valence-corrected chi connectivity index (χ2v) is 6.61. The second kappa shape index (κ2) is 6.63. The van der Waals surface area contributed by atoms with E-state index in [0.717, 1.165) is 11.6 Å². The highest BCUT2D eigenvalue weighted by Crippen LogP contribution is 2.47. The SMILES string of the molecule is Cc1cc(Cl)ccc1Oc1c(Cl)cc(Cl)c2c1C=CC(C(F)(F)F)O2. The lowest BCUT2D eigenvalue weighted by Gasteiger charge is -2.26. The van der Waals surface area contributed by atoms with Crippen molar-refractivity contribution in [3.05, 3.63) is 56.5 Å². The van der Waals surface area contributed by atoms with Gasteiger partial charge in [0.1, 0.15) is 11.5 Å². The number of ether oxygens (including phenoxy) is 2. The van der Waals surface area contributed by atoms with Crippen LogP contribution in [0.15, 0.2) is 30.3 Å². The smallest absolute Gasteiger partial charge is 0.429 e. The molecule has 0 amide bonds. The molecule has 0 saturated carbocycles. The third-order valence-corrected chi connectivity index (χ3v) is 4.33. The van der Waals surface area contributed by atoms with Crippen molar-refractivity contribution in [3.63, 3.8) is 0 Å². The lowest BCUT2D eigenvalue weighted by atomic mass is 10.1. The van der Waals surface area contributed by atoms with Crippen molar-refractivity contribution in [3.8, 4) is 17.2 Å². The number of fused-ring (bicyclic) bond motifs is 1. The van der Waals surface area contributed by atoms with E-state index in [9.17, 15) is 13.2 Å². The van der Waals surface area contributed by atoms with E-state index in [1.54, 1.807) is 25.1 Å². The average molecular weight is 410 g/mol. The first-order valence-electron chi connectivity index (χ1n) is 7.04. The molecule has 0 radical (unpaired) electrons. The molecule has 1 heterocycles. The Labute approximate surface area is 156 Å². The van der Waals surface area contributed by atoms with Gasteiger partial charge < -0.3 is 9.47 Å². The number of alkyl halides is 3. The number of hydrogen-bond donors (Lipinski definition) is 0. The Bertz CT molecular complexity index is 863. The number of benzene rings is 2. The van der Waals surface area contributed by atoms with Gasteiger partial charge >= 0.3 is 6.18 Å². The van der Waals surface area contributed by atoms with Crippen LogP contribution in [0.1, 0.15) is 11.1 Å². The Hall–Kier alpha value is -1.56. The Morgan fingerprint density at radius 3 is 2.44 bits per heavy atom. The lowest BCUT2D eigenvalue weighted by molar-refractivity contribution is -0.180. The minimum atomic E-state index is -4.55. The number of rotatable bonds is 2. The summed E-state index contributed by atoms with van der Waals surface area (Å²) in [4.78, 5) is 0. The van der Waals surface area contributed by atoms with Gasteiger partial charge in [-0.05, 0) is 48.9 Å². The molecule has 3 rings (SSSR count). The van der Waals surface area contributed by atoms with Crippen LogP contribution in [-0.2, 0) is 0 Å². The van der Waals surface area contributed by atoms with E-state index in [-0.39, 0.29) is 27.1 Å².